The van der Waals surface area contributed by atoms with Crippen LogP contribution in [0.1, 0.15) is 36.8 Å². The van der Waals surface area contributed by atoms with Crippen LogP contribution in [0.15, 0.2) is 54.6 Å². The molecule has 0 heterocycles. The zero-order valence-corrected chi connectivity index (χ0v) is 15.6. The van der Waals surface area contributed by atoms with Crippen molar-refractivity contribution >= 4 is 18.3 Å². The molecule has 1 fully saturated rings. The topological polar surface area (TPSA) is 55.1 Å². The average Bonchev–Trinajstić information content (AvgIpc) is 3.11. The average molecular weight is 377 g/mol. The van der Waals surface area contributed by atoms with Gasteiger partial charge in [-0.15, -0.1) is 12.4 Å². The van der Waals surface area contributed by atoms with Crippen molar-refractivity contribution in [3.63, 3.8) is 0 Å². The summed E-state index contributed by atoms with van der Waals surface area (Å²) in [5.41, 5.74) is 8.13. The van der Waals surface area contributed by atoms with Crippen molar-refractivity contribution in [3.8, 4) is 0 Å². The molecule has 0 spiro atoms. The predicted octanol–water partition coefficient (Wildman–Crippen LogP) is 3.75. The molecule has 1 amide bonds. The van der Waals surface area contributed by atoms with Crippen molar-refractivity contribution in [3.05, 3.63) is 71.5 Å². The fraction of sp³-hybridized carbons (Fsp3) is 0.381. The Morgan fingerprint density at radius 3 is 2.31 bits per heavy atom. The highest BCUT2D eigenvalue weighted by Gasteiger charge is 2.36. The van der Waals surface area contributed by atoms with Crippen LogP contribution in [0.2, 0.25) is 0 Å². The summed E-state index contributed by atoms with van der Waals surface area (Å²) in [6, 6.07) is 15.9. The Kier molecular flexibility index (Phi) is 7.18. The van der Waals surface area contributed by atoms with Crippen LogP contribution in [0.4, 0.5) is 4.39 Å². The van der Waals surface area contributed by atoms with Gasteiger partial charge in [0.05, 0.1) is 6.04 Å². The third kappa shape index (κ3) is 4.83. The van der Waals surface area contributed by atoms with Gasteiger partial charge in [0, 0.05) is 12.0 Å². The third-order valence-corrected chi connectivity index (χ3v) is 5.25. The summed E-state index contributed by atoms with van der Waals surface area (Å²) < 4.78 is 13.2. The van der Waals surface area contributed by atoms with Crippen molar-refractivity contribution in [2.75, 3.05) is 6.54 Å². The maximum atomic E-state index is 13.2. The SMILES string of the molecule is Cl.N[C@@H](Cc1ccccc1)C(=O)NCC1(c2ccc(F)cc2)CCCC1. The molecule has 3 N–H and O–H groups in total. The molecular weight excluding hydrogens is 351 g/mol. The summed E-state index contributed by atoms with van der Waals surface area (Å²) in [5, 5.41) is 3.04. The number of halogens is 2. The van der Waals surface area contributed by atoms with Gasteiger partial charge in [0.1, 0.15) is 5.82 Å². The minimum atomic E-state index is -0.561. The quantitative estimate of drug-likeness (QED) is 0.806. The van der Waals surface area contributed by atoms with Crippen molar-refractivity contribution in [1.82, 2.24) is 5.32 Å². The highest BCUT2D eigenvalue weighted by atomic mass is 35.5. The van der Waals surface area contributed by atoms with Crippen LogP contribution >= 0.6 is 12.4 Å². The molecule has 1 aliphatic rings. The van der Waals surface area contributed by atoms with Gasteiger partial charge in [-0.05, 0) is 42.5 Å². The van der Waals surface area contributed by atoms with E-state index in [0.29, 0.717) is 13.0 Å². The summed E-state index contributed by atoms with van der Waals surface area (Å²) in [4.78, 5) is 12.4. The molecule has 1 aliphatic carbocycles. The van der Waals surface area contributed by atoms with E-state index in [1.54, 1.807) is 0 Å². The summed E-state index contributed by atoms with van der Waals surface area (Å²) in [7, 11) is 0. The third-order valence-electron chi connectivity index (χ3n) is 5.25. The highest BCUT2D eigenvalue weighted by molar-refractivity contribution is 5.85. The number of amides is 1. The normalized spacial score (nSPS) is 16.5. The van der Waals surface area contributed by atoms with E-state index in [2.05, 4.69) is 5.32 Å². The first-order valence-corrected chi connectivity index (χ1v) is 8.92. The highest BCUT2D eigenvalue weighted by Crippen LogP contribution is 2.40. The summed E-state index contributed by atoms with van der Waals surface area (Å²) in [5.74, 6) is -0.358. The first-order valence-electron chi connectivity index (χ1n) is 8.92. The molecule has 0 radical (unpaired) electrons. The number of hydrogen-bond donors (Lipinski definition) is 2. The van der Waals surface area contributed by atoms with Gasteiger partial charge in [0.15, 0.2) is 0 Å². The van der Waals surface area contributed by atoms with E-state index >= 15 is 0 Å². The molecular formula is C21H26ClFN2O. The molecule has 5 heteroatoms. The Morgan fingerprint density at radius 1 is 1.08 bits per heavy atom. The van der Waals surface area contributed by atoms with Gasteiger partial charge in [0.2, 0.25) is 5.91 Å². The number of benzene rings is 2. The Balaban J connectivity index is 0.00000243. The molecule has 2 aromatic carbocycles. The molecule has 26 heavy (non-hydrogen) atoms. The van der Waals surface area contributed by atoms with Gasteiger partial charge in [-0.3, -0.25) is 4.79 Å². The van der Waals surface area contributed by atoms with Crippen LogP contribution in [0.3, 0.4) is 0 Å². The van der Waals surface area contributed by atoms with Gasteiger partial charge >= 0.3 is 0 Å². The number of rotatable bonds is 6. The van der Waals surface area contributed by atoms with Crippen LogP contribution in [-0.2, 0) is 16.6 Å². The molecule has 0 unspecified atom stereocenters. The monoisotopic (exact) mass is 376 g/mol. The molecule has 2 aromatic rings. The van der Waals surface area contributed by atoms with Crippen molar-refractivity contribution in [2.24, 2.45) is 5.73 Å². The molecule has 3 rings (SSSR count). The molecule has 0 saturated heterocycles. The number of nitrogens with one attached hydrogen (secondary N) is 1. The van der Waals surface area contributed by atoms with E-state index in [1.165, 1.54) is 12.1 Å². The van der Waals surface area contributed by atoms with E-state index in [4.69, 9.17) is 5.73 Å². The van der Waals surface area contributed by atoms with E-state index in [-0.39, 0.29) is 29.5 Å². The van der Waals surface area contributed by atoms with Crippen LogP contribution in [-0.4, -0.2) is 18.5 Å². The van der Waals surface area contributed by atoms with E-state index < -0.39 is 6.04 Å². The molecule has 1 atom stereocenters. The molecule has 0 aliphatic heterocycles. The molecule has 0 aromatic heterocycles. The number of nitrogens with two attached hydrogens (primary N) is 1. The second-order valence-corrected chi connectivity index (χ2v) is 7.01. The first kappa shape index (κ1) is 20.4. The number of carbonyl (C=O) groups excluding carboxylic acids is 1. The maximum absolute atomic E-state index is 13.2. The zero-order chi connectivity index (χ0) is 17.7. The van der Waals surface area contributed by atoms with Crippen LogP contribution < -0.4 is 11.1 Å². The minimum absolute atomic E-state index is 0. The van der Waals surface area contributed by atoms with E-state index in [1.807, 2.05) is 42.5 Å². The Morgan fingerprint density at radius 2 is 1.69 bits per heavy atom. The largest absolute Gasteiger partial charge is 0.354 e. The maximum Gasteiger partial charge on any atom is 0.237 e. The zero-order valence-electron chi connectivity index (χ0n) is 14.8. The van der Waals surface area contributed by atoms with Crippen molar-refractivity contribution < 1.29 is 9.18 Å². The fourth-order valence-electron chi connectivity index (χ4n) is 3.77. The Labute approximate surface area is 160 Å². The second-order valence-electron chi connectivity index (χ2n) is 7.01. The van der Waals surface area contributed by atoms with Gasteiger partial charge in [-0.2, -0.15) is 0 Å². The smallest absolute Gasteiger partial charge is 0.237 e. The first-order chi connectivity index (χ1) is 12.1. The van der Waals surface area contributed by atoms with E-state index in [9.17, 15) is 9.18 Å². The lowest BCUT2D eigenvalue weighted by Gasteiger charge is -2.30. The summed E-state index contributed by atoms with van der Waals surface area (Å²) >= 11 is 0. The van der Waals surface area contributed by atoms with Crippen LogP contribution in [0.5, 0.6) is 0 Å². The lowest BCUT2D eigenvalue weighted by molar-refractivity contribution is -0.122. The van der Waals surface area contributed by atoms with Gasteiger partial charge < -0.3 is 11.1 Å². The lowest BCUT2D eigenvalue weighted by Crippen LogP contribution is -2.47. The number of carbonyl (C=O) groups is 1. The van der Waals surface area contributed by atoms with Crippen molar-refractivity contribution in [1.29, 1.82) is 0 Å². The molecule has 1 saturated carbocycles. The van der Waals surface area contributed by atoms with Crippen LogP contribution in [0.25, 0.3) is 0 Å². The van der Waals surface area contributed by atoms with Gasteiger partial charge in [-0.1, -0.05) is 55.3 Å². The van der Waals surface area contributed by atoms with Crippen molar-refractivity contribution in [2.45, 2.75) is 43.6 Å². The minimum Gasteiger partial charge on any atom is -0.354 e. The van der Waals surface area contributed by atoms with E-state index in [0.717, 1.165) is 36.8 Å². The lowest BCUT2D eigenvalue weighted by atomic mass is 9.78. The fourth-order valence-corrected chi connectivity index (χ4v) is 3.77. The second kappa shape index (κ2) is 9.15. The molecule has 3 nitrogen and oxygen atoms in total. The molecule has 140 valence electrons. The molecule has 0 bridgehead atoms. The van der Waals surface area contributed by atoms with Gasteiger partial charge in [-0.25, -0.2) is 4.39 Å². The standard InChI is InChI=1S/C21H25FN2O.ClH/c22-18-10-8-17(9-11-18)21(12-4-5-13-21)15-24-20(25)19(23)14-16-6-2-1-3-7-16;/h1-3,6-11,19H,4-5,12-15,23H2,(H,24,25);1H/t19-;/m0./s1. The Bertz CT molecular complexity index is 700. The Hall–Kier alpha value is -1.91. The predicted molar refractivity (Wildman–Crippen MR) is 105 cm³/mol. The summed E-state index contributed by atoms with van der Waals surface area (Å²) in [6.07, 6.45) is 4.79. The van der Waals surface area contributed by atoms with Gasteiger partial charge in [0.25, 0.3) is 0 Å². The summed E-state index contributed by atoms with van der Waals surface area (Å²) in [6.45, 7) is 0.556. The van der Waals surface area contributed by atoms with Crippen LogP contribution in [0, 0.1) is 5.82 Å². The number of hydrogen-bond acceptors (Lipinski definition) is 2.